The lowest BCUT2D eigenvalue weighted by Gasteiger charge is -2.15. The molecule has 2 heterocycles. The van der Waals surface area contributed by atoms with Crippen LogP contribution in [0.25, 0.3) is 16.8 Å². The van der Waals surface area contributed by atoms with E-state index in [1.807, 2.05) is 6.07 Å². The summed E-state index contributed by atoms with van der Waals surface area (Å²) in [6, 6.07) is 15.1. The fourth-order valence-corrected chi connectivity index (χ4v) is 2.99. The lowest BCUT2D eigenvalue weighted by molar-refractivity contribution is 0.102. The van der Waals surface area contributed by atoms with Gasteiger partial charge < -0.3 is 14.5 Å². The van der Waals surface area contributed by atoms with Crippen molar-refractivity contribution in [2.75, 3.05) is 12.4 Å². The van der Waals surface area contributed by atoms with Crippen molar-refractivity contribution in [3.8, 4) is 16.9 Å². The van der Waals surface area contributed by atoms with E-state index in [4.69, 9.17) is 4.74 Å². The highest BCUT2D eigenvalue weighted by Crippen LogP contribution is 2.36. The molecular formula is C21H16FN3O2. The van der Waals surface area contributed by atoms with Gasteiger partial charge in [-0.15, -0.1) is 0 Å². The minimum Gasteiger partial charge on any atom is -0.494 e. The number of nitrogens with zero attached hydrogens (tertiary/aromatic N) is 2. The number of aromatic nitrogens is 2. The van der Waals surface area contributed by atoms with Crippen LogP contribution in [0, 0.1) is 5.82 Å². The van der Waals surface area contributed by atoms with E-state index in [2.05, 4.69) is 10.3 Å². The molecule has 0 aliphatic heterocycles. The Bertz CT molecular complexity index is 1140. The van der Waals surface area contributed by atoms with E-state index < -0.39 is 0 Å². The fraction of sp³-hybridized carbons (Fsp3) is 0.0476. The Balaban J connectivity index is 1.69. The van der Waals surface area contributed by atoms with E-state index in [1.165, 1.54) is 19.2 Å². The van der Waals surface area contributed by atoms with E-state index in [0.29, 0.717) is 28.1 Å². The summed E-state index contributed by atoms with van der Waals surface area (Å²) in [5.41, 5.74) is 3.12. The lowest BCUT2D eigenvalue weighted by atomic mass is 10.0. The van der Waals surface area contributed by atoms with Crippen molar-refractivity contribution in [3.63, 3.8) is 0 Å². The van der Waals surface area contributed by atoms with Crippen LogP contribution in [0.3, 0.4) is 0 Å². The molecule has 0 radical (unpaired) electrons. The molecule has 134 valence electrons. The zero-order valence-corrected chi connectivity index (χ0v) is 14.5. The van der Waals surface area contributed by atoms with Gasteiger partial charge in [0, 0.05) is 24.2 Å². The summed E-state index contributed by atoms with van der Waals surface area (Å²) < 4.78 is 20.9. The first-order valence-corrected chi connectivity index (χ1v) is 8.33. The summed E-state index contributed by atoms with van der Waals surface area (Å²) in [5.74, 6) is -0.141. The summed E-state index contributed by atoms with van der Waals surface area (Å²) in [7, 11) is 1.52. The number of para-hydroxylation sites is 1. The second-order valence-electron chi connectivity index (χ2n) is 5.96. The van der Waals surface area contributed by atoms with Gasteiger partial charge in [-0.05, 0) is 35.9 Å². The molecule has 0 aliphatic carbocycles. The molecule has 0 aliphatic rings. The first-order chi connectivity index (χ1) is 13.2. The van der Waals surface area contributed by atoms with Crippen LogP contribution in [0.4, 0.5) is 10.1 Å². The molecule has 0 atom stereocenters. The topological polar surface area (TPSA) is 55.6 Å². The van der Waals surface area contributed by atoms with Gasteiger partial charge in [0.05, 0.1) is 18.4 Å². The maximum atomic E-state index is 13.6. The number of carbonyl (C=O) groups excluding carboxylic acids is 1. The van der Waals surface area contributed by atoms with Crippen LogP contribution in [0.1, 0.15) is 10.4 Å². The highest BCUT2D eigenvalue weighted by molar-refractivity contribution is 6.05. The average molecular weight is 361 g/mol. The van der Waals surface area contributed by atoms with E-state index in [-0.39, 0.29) is 11.7 Å². The van der Waals surface area contributed by atoms with Crippen molar-refractivity contribution >= 4 is 17.2 Å². The van der Waals surface area contributed by atoms with Crippen LogP contribution in [0.5, 0.6) is 5.75 Å². The predicted molar refractivity (Wildman–Crippen MR) is 102 cm³/mol. The monoisotopic (exact) mass is 361 g/mol. The second-order valence-corrected chi connectivity index (χ2v) is 5.96. The maximum Gasteiger partial charge on any atom is 0.257 e. The van der Waals surface area contributed by atoms with Gasteiger partial charge in [-0.2, -0.15) is 0 Å². The molecule has 4 rings (SSSR count). The minimum absolute atomic E-state index is 0.278. The molecule has 0 saturated carbocycles. The Morgan fingerprint density at radius 3 is 2.81 bits per heavy atom. The number of nitrogens with one attached hydrogen (secondary N) is 1. The van der Waals surface area contributed by atoms with Crippen molar-refractivity contribution in [3.05, 3.63) is 84.6 Å². The largest absolute Gasteiger partial charge is 0.494 e. The maximum absolute atomic E-state index is 13.6. The van der Waals surface area contributed by atoms with Gasteiger partial charge in [0.25, 0.3) is 5.91 Å². The normalized spacial score (nSPS) is 10.7. The number of imidazole rings is 1. The average Bonchev–Trinajstić information content (AvgIpc) is 3.15. The molecule has 2 aromatic carbocycles. The van der Waals surface area contributed by atoms with E-state index in [1.54, 1.807) is 59.4 Å². The first-order valence-electron chi connectivity index (χ1n) is 8.33. The molecule has 1 amide bonds. The van der Waals surface area contributed by atoms with Gasteiger partial charge in [0.1, 0.15) is 17.2 Å². The van der Waals surface area contributed by atoms with Crippen LogP contribution in [-0.4, -0.2) is 22.4 Å². The molecule has 27 heavy (non-hydrogen) atoms. The predicted octanol–water partition coefficient (Wildman–Crippen LogP) is 4.40. The molecule has 1 N–H and O–H groups in total. The molecule has 0 spiro atoms. The van der Waals surface area contributed by atoms with Crippen LogP contribution in [-0.2, 0) is 0 Å². The van der Waals surface area contributed by atoms with Gasteiger partial charge in [-0.25, -0.2) is 9.37 Å². The number of benzene rings is 2. The third-order valence-corrected chi connectivity index (χ3v) is 4.25. The van der Waals surface area contributed by atoms with Crippen LogP contribution >= 0.6 is 0 Å². The molecule has 2 aromatic heterocycles. The van der Waals surface area contributed by atoms with Crippen molar-refractivity contribution in [2.24, 2.45) is 0 Å². The van der Waals surface area contributed by atoms with E-state index >= 15 is 0 Å². The standard InChI is InChI=1S/C21H16FN3O2/c1-27-20-17(14-4-2-5-16(22)12-14)6-3-7-18(20)24-21(26)15-8-9-19-23-10-11-25(19)13-15/h2-13H,1H3,(H,24,26). The van der Waals surface area contributed by atoms with Crippen molar-refractivity contribution in [2.45, 2.75) is 0 Å². The minimum atomic E-state index is -0.336. The third-order valence-electron chi connectivity index (χ3n) is 4.25. The zero-order valence-electron chi connectivity index (χ0n) is 14.5. The van der Waals surface area contributed by atoms with Crippen LogP contribution in [0.2, 0.25) is 0 Å². The molecule has 6 heteroatoms. The fourth-order valence-electron chi connectivity index (χ4n) is 2.99. The van der Waals surface area contributed by atoms with Crippen LogP contribution < -0.4 is 10.1 Å². The highest BCUT2D eigenvalue weighted by atomic mass is 19.1. The van der Waals surface area contributed by atoms with Crippen molar-refractivity contribution in [1.29, 1.82) is 0 Å². The number of amides is 1. The molecule has 0 unspecified atom stereocenters. The molecular weight excluding hydrogens is 345 g/mol. The van der Waals surface area contributed by atoms with Gasteiger partial charge in [0.2, 0.25) is 0 Å². The number of carbonyl (C=O) groups is 1. The van der Waals surface area contributed by atoms with Gasteiger partial charge in [-0.1, -0.05) is 24.3 Å². The summed E-state index contributed by atoms with van der Waals surface area (Å²) in [6.07, 6.45) is 5.15. The number of fused-ring (bicyclic) bond motifs is 1. The number of hydrogen-bond donors (Lipinski definition) is 1. The Labute approximate surface area is 155 Å². The Kier molecular flexibility index (Phi) is 4.30. The number of halogens is 1. The van der Waals surface area contributed by atoms with E-state index in [0.717, 1.165) is 5.65 Å². The molecule has 0 saturated heterocycles. The summed E-state index contributed by atoms with van der Waals surface area (Å²) >= 11 is 0. The van der Waals surface area contributed by atoms with Crippen LogP contribution in [0.15, 0.2) is 73.2 Å². The quantitative estimate of drug-likeness (QED) is 0.586. The van der Waals surface area contributed by atoms with Crippen molar-refractivity contribution < 1.29 is 13.9 Å². The zero-order chi connectivity index (χ0) is 18.8. The number of anilines is 1. The van der Waals surface area contributed by atoms with Gasteiger partial charge in [0.15, 0.2) is 0 Å². The third kappa shape index (κ3) is 3.25. The van der Waals surface area contributed by atoms with Crippen molar-refractivity contribution in [1.82, 2.24) is 9.38 Å². The SMILES string of the molecule is COc1c(NC(=O)c2ccc3nccn3c2)cccc1-c1cccc(F)c1. The Morgan fingerprint density at radius 2 is 2.00 bits per heavy atom. The molecule has 4 aromatic rings. The second kappa shape index (κ2) is 6.92. The van der Waals surface area contributed by atoms with E-state index in [9.17, 15) is 9.18 Å². The number of pyridine rings is 1. The Morgan fingerprint density at radius 1 is 1.15 bits per heavy atom. The van der Waals surface area contributed by atoms with Gasteiger partial charge >= 0.3 is 0 Å². The Hall–Kier alpha value is -3.67. The molecule has 0 bridgehead atoms. The number of ether oxygens (including phenoxy) is 1. The first kappa shape index (κ1) is 16.8. The lowest BCUT2D eigenvalue weighted by Crippen LogP contribution is -2.13. The number of methoxy groups -OCH3 is 1. The molecule has 0 fully saturated rings. The van der Waals surface area contributed by atoms with Gasteiger partial charge in [-0.3, -0.25) is 4.79 Å². The molecule has 5 nitrogen and oxygen atoms in total. The smallest absolute Gasteiger partial charge is 0.257 e. The summed E-state index contributed by atoms with van der Waals surface area (Å²) in [5, 5.41) is 2.87. The highest BCUT2D eigenvalue weighted by Gasteiger charge is 2.15. The number of rotatable bonds is 4. The summed E-state index contributed by atoms with van der Waals surface area (Å²) in [4.78, 5) is 16.9. The number of hydrogen-bond acceptors (Lipinski definition) is 3. The summed E-state index contributed by atoms with van der Waals surface area (Å²) in [6.45, 7) is 0.